The number of piperidine rings is 1. The van der Waals surface area contributed by atoms with Gasteiger partial charge >= 0.3 is 6.01 Å². The maximum Gasteiger partial charge on any atom is 0.319 e. The largest absolute Gasteiger partial charge is 0.481 e. The molecule has 8 heteroatoms. The van der Waals surface area contributed by atoms with E-state index in [4.69, 9.17) is 9.47 Å². The quantitative estimate of drug-likeness (QED) is 0.894. The van der Waals surface area contributed by atoms with Crippen LogP contribution in [0.4, 0.5) is 0 Å². The zero-order chi connectivity index (χ0) is 18.0. The van der Waals surface area contributed by atoms with Gasteiger partial charge in [-0.3, -0.25) is 4.79 Å². The molecule has 3 heterocycles. The molecule has 1 aliphatic heterocycles. The van der Waals surface area contributed by atoms with Crippen molar-refractivity contribution in [3.63, 3.8) is 0 Å². The number of aryl methyl sites for hydroxylation is 1. The number of amides is 1. The van der Waals surface area contributed by atoms with Crippen molar-refractivity contribution in [1.29, 1.82) is 0 Å². The number of nitrogens with zero attached hydrogens (tertiary/aromatic N) is 3. The van der Waals surface area contributed by atoms with Crippen LogP contribution in [0, 0.1) is 6.92 Å². The SMILES string of the molecule is COc1ncc(C2(O)CCN(C(=O)c3sccc3C)CC2)c(OC)n1. The summed E-state index contributed by atoms with van der Waals surface area (Å²) < 4.78 is 10.3. The summed E-state index contributed by atoms with van der Waals surface area (Å²) in [6, 6.07) is 2.13. The van der Waals surface area contributed by atoms with Crippen LogP contribution in [-0.4, -0.2) is 53.2 Å². The Balaban J connectivity index is 1.77. The van der Waals surface area contributed by atoms with Crippen molar-refractivity contribution in [3.05, 3.63) is 33.6 Å². The van der Waals surface area contributed by atoms with Crippen LogP contribution in [0.25, 0.3) is 0 Å². The van der Waals surface area contributed by atoms with Crippen LogP contribution in [0.2, 0.25) is 0 Å². The van der Waals surface area contributed by atoms with Gasteiger partial charge in [0.1, 0.15) is 0 Å². The molecule has 0 aliphatic carbocycles. The molecule has 1 amide bonds. The van der Waals surface area contributed by atoms with Crippen LogP contribution in [0.1, 0.15) is 33.6 Å². The fraction of sp³-hybridized carbons (Fsp3) is 0.471. The van der Waals surface area contributed by atoms with Crippen LogP contribution in [0.3, 0.4) is 0 Å². The first-order valence-electron chi connectivity index (χ1n) is 8.00. The molecule has 0 radical (unpaired) electrons. The summed E-state index contributed by atoms with van der Waals surface area (Å²) in [6.07, 6.45) is 2.33. The van der Waals surface area contributed by atoms with Crippen LogP contribution in [0.15, 0.2) is 17.6 Å². The normalized spacial score (nSPS) is 16.6. The molecule has 1 N–H and O–H groups in total. The average Bonchev–Trinajstić information content (AvgIpc) is 3.07. The van der Waals surface area contributed by atoms with E-state index in [1.807, 2.05) is 18.4 Å². The van der Waals surface area contributed by atoms with E-state index in [9.17, 15) is 9.90 Å². The first kappa shape index (κ1) is 17.6. The molecule has 0 spiro atoms. The summed E-state index contributed by atoms with van der Waals surface area (Å²) in [5.74, 6) is 0.315. The minimum absolute atomic E-state index is 0.0208. The van der Waals surface area contributed by atoms with Gasteiger partial charge in [0.2, 0.25) is 5.88 Å². The molecule has 0 bridgehead atoms. The van der Waals surface area contributed by atoms with Crippen LogP contribution in [0.5, 0.6) is 11.9 Å². The second-order valence-electron chi connectivity index (χ2n) is 6.04. The Morgan fingerprint density at radius 1 is 1.32 bits per heavy atom. The second kappa shape index (κ2) is 6.97. The van der Waals surface area contributed by atoms with Crippen molar-refractivity contribution < 1.29 is 19.4 Å². The molecule has 0 atom stereocenters. The number of rotatable bonds is 4. The van der Waals surface area contributed by atoms with E-state index >= 15 is 0 Å². The molecular formula is C17H21N3O4S. The van der Waals surface area contributed by atoms with Crippen LogP contribution < -0.4 is 9.47 Å². The van der Waals surface area contributed by atoms with Crippen molar-refractivity contribution in [2.24, 2.45) is 0 Å². The van der Waals surface area contributed by atoms with Gasteiger partial charge < -0.3 is 19.5 Å². The number of aromatic nitrogens is 2. The molecule has 2 aromatic rings. The summed E-state index contributed by atoms with van der Waals surface area (Å²) in [5.41, 5.74) is 0.384. The smallest absolute Gasteiger partial charge is 0.319 e. The Kier molecular flexibility index (Phi) is 4.91. The summed E-state index contributed by atoms with van der Waals surface area (Å²) in [5, 5.41) is 13.0. The molecule has 1 fully saturated rings. The van der Waals surface area contributed by atoms with Crippen molar-refractivity contribution in [3.8, 4) is 11.9 Å². The molecule has 7 nitrogen and oxygen atoms in total. The van der Waals surface area contributed by atoms with E-state index in [-0.39, 0.29) is 11.9 Å². The monoisotopic (exact) mass is 363 g/mol. The van der Waals surface area contributed by atoms with Crippen LogP contribution >= 0.6 is 11.3 Å². The number of carbonyl (C=O) groups excluding carboxylic acids is 1. The molecule has 1 aliphatic rings. The van der Waals surface area contributed by atoms with E-state index in [0.29, 0.717) is 37.4 Å². The lowest BCUT2D eigenvalue weighted by atomic mass is 9.85. The van der Waals surface area contributed by atoms with Gasteiger partial charge in [-0.2, -0.15) is 4.98 Å². The minimum Gasteiger partial charge on any atom is -0.481 e. The van der Waals surface area contributed by atoms with Crippen molar-refractivity contribution in [2.45, 2.75) is 25.4 Å². The second-order valence-corrected chi connectivity index (χ2v) is 6.95. The summed E-state index contributed by atoms with van der Waals surface area (Å²) in [7, 11) is 2.96. The Hall–Kier alpha value is -2.19. The lowest BCUT2D eigenvalue weighted by molar-refractivity contribution is -0.0232. The molecular weight excluding hydrogens is 342 g/mol. The van der Waals surface area contributed by atoms with Gasteiger partial charge in [-0.05, 0) is 36.8 Å². The Bertz CT molecular complexity index is 769. The fourth-order valence-electron chi connectivity index (χ4n) is 3.01. The van der Waals surface area contributed by atoms with E-state index in [0.717, 1.165) is 10.4 Å². The number of ether oxygens (including phenoxy) is 2. The number of thiophene rings is 1. The van der Waals surface area contributed by atoms with Gasteiger partial charge in [-0.15, -0.1) is 11.3 Å². The molecule has 2 aromatic heterocycles. The Morgan fingerprint density at radius 3 is 2.60 bits per heavy atom. The number of hydrogen-bond acceptors (Lipinski definition) is 7. The van der Waals surface area contributed by atoms with Gasteiger partial charge in [-0.25, -0.2) is 4.98 Å². The zero-order valence-corrected chi connectivity index (χ0v) is 15.3. The highest BCUT2D eigenvalue weighted by atomic mass is 32.1. The third-order valence-corrected chi connectivity index (χ3v) is 5.55. The van der Waals surface area contributed by atoms with Gasteiger partial charge in [0.05, 0.1) is 30.3 Å². The maximum atomic E-state index is 12.6. The summed E-state index contributed by atoms with van der Waals surface area (Å²) in [6.45, 7) is 2.85. The highest BCUT2D eigenvalue weighted by Gasteiger charge is 2.39. The van der Waals surface area contributed by atoms with Crippen molar-refractivity contribution in [1.82, 2.24) is 14.9 Å². The van der Waals surface area contributed by atoms with E-state index in [1.165, 1.54) is 31.8 Å². The van der Waals surface area contributed by atoms with Gasteiger partial charge in [0, 0.05) is 19.3 Å². The first-order valence-corrected chi connectivity index (χ1v) is 8.87. The van der Waals surface area contributed by atoms with Crippen molar-refractivity contribution in [2.75, 3.05) is 27.3 Å². The zero-order valence-electron chi connectivity index (χ0n) is 14.5. The first-order chi connectivity index (χ1) is 12.0. The third-order valence-electron chi connectivity index (χ3n) is 4.54. The van der Waals surface area contributed by atoms with E-state index in [2.05, 4.69) is 9.97 Å². The molecule has 0 unspecified atom stereocenters. The molecule has 0 aromatic carbocycles. The molecule has 134 valence electrons. The van der Waals surface area contributed by atoms with Gasteiger partial charge in [0.25, 0.3) is 5.91 Å². The molecule has 3 rings (SSSR count). The number of methoxy groups -OCH3 is 2. The Labute approximate surface area is 150 Å². The standard InChI is InChI=1S/C17H21N3O4S/c1-11-4-9-25-13(11)15(21)20-7-5-17(22,6-8-20)12-10-18-16(24-3)19-14(12)23-2/h4,9-10,22H,5-8H2,1-3H3. The predicted octanol–water partition coefficient (Wildman–Crippen LogP) is 1.99. The molecule has 25 heavy (non-hydrogen) atoms. The van der Waals surface area contributed by atoms with Gasteiger partial charge in [-0.1, -0.05) is 0 Å². The highest BCUT2D eigenvalue weighted by Crippen LogP contribution is 2.38. The fourth-order valence-corrected chi connectivity index (χ4v) is 3.90. The minimum atomic E-state index is -1.13. The molecule has 0 saturated carbocycles. The number of carbonyl (C=O) groups is 1. The van der Waals surface area contributed by atoms with E-state index < -0.39 is 5.60 Å². The lowest BCUT2D eigenvalue weighted by Gasteiger charge is -2.38. The van der Waals surface area contributed by atoms with Gasteiger partial charge in [0.15, 0.2) is 0 Å². The number of hydrogen-bond donors (Lipinski definition) is 1. The Morgan fingerprint density at radius 2 is 2.04 bits per heavy atom. The topological polar surface area (TPSA) is 84.8 Å². The predicted molar refractivity (Wildman–Crippen MR) is 93.2 cm³/mol. The average molecular weight is 363 g/mol. The molecule has 1 saturated heterocycles. The maximum absolute atomic E-state index is 12.6. The number of aliphatic hydroxyl groups is 1. The summed E-state index contributed by atoms with van der Waals surface area (Å²) in [4.78, 5) is 23.4. The third kappa shape index (κ3) is 3.32. The van der Waals surface area contributed by atoms with E-state index in [1.54, 1.807) is 4.90 Å². The lowest BCUT2D eigenvalue weighted by Crippen LogP contribution is -2.45. The number of likely N-dealkylation sites (tertiary alicyclic amines) is 1. The summed E-state index contributed by atoms with van der Waals surface area (Å²) >= 11 is 1.45. The highest BCUT2D eigenvalue weighted by molar-refractivity contribution is 7.12. The van der Waals surface area contributed by atoms with Crippen molar-refractivity contribution >= 4 is 17.2 Å². The van der Waals surface area contributed by atoms with Crippen LogP contribution in [-0.2, 0) is 5.60 Å².